The molecular weight excluding hydrogens is 116 g/mol. The second-order valence-electron chi connectivity index (χ2n) is 2.50. The second kappa shape index (κ2) is 2.35. The van der Waals surface area contributed by atoms with Crippen molar-refractivity contribution in [2.45, 2.75) is 25.9 Å². The fourth-order valence-corrected chi connectivity index (χ4v) is 0.909. The number of hydrogen-bond donors (Lipinski definition) is 2. The first-order valence-electron chi connectivity index (χ1n) is 3.20. The predicted octanol–water partition coefficient (Wildman–Crippen LogP) is -0.517. The van der Waals surface area contributed by atoms with Crippen molar-refractivity contribution in [1.29, 1.82) is 0 Å². The van der Waals surface area contributed by atoms with Crippen molar-refractivity contribution in [3.63, 3.8) is 0 Å². The Labute approximate surface area is 54.8 Å². The van der Waals surface area contributed by atoms with Gasteiger partial charge in [0.05, 0.1) is 6.04 Å². The van der Waals surface area contributed by atoms with Crippen molar-refractivity contribution >= 4 is 5.91 Å². The molecule has 1 aliphatic rings. The Bertz CT molecular complexity index is 124. The molecule has 0 aromatic carbocycles. The summed E-state index contributed by atoms with van der Waals surface area (Å²) in [7, 11) is 0. The van der Waals surface area contributed by atoms with E-state index in [4.69, 9.17) is 0 Å². The molecular formula is C6H12N2O. The van der Waals surface area contributed by atoms with Gasteiger partial charge < -0.3 is 10.6 Å². The van der Waals surface area contributed by atoms with Crippen LogP contribution in [0.4, 0.5) is 0 Å². The van der Waals surface area contributed by atoms with Crippen molar-refractivity contribution in [1.82, 2.24) is 10.6 Å². The third-order valence-corrected chi connectivity index (χ3v) is 1.65. The van der Waals surface area contributed by atoms with Crippen LogP contribution >= 0.6 is 0 Å². The minimum absolute atomic E-state index is 0.0633. The molecule has 0 bridgehead atoms. The predicted molar refractivity (Wildman–Crippen MR) is 35.1 cm³/mol. The van der Waals surface area contributed by atoms with E-state index in [1.807, 2.05) is 0 Å². The third-order valence-electron chi connectivity index (χ3n) is 1.65. The largest absolute Gasteiger partial charge is 0.351 e. The Morgan fingerprint density at radius 1 is 1.78 bits per heavy atom. The molecule has 52 valence electrons. The fourth-order valence-electron chi connectivity index (χ4n) is 0.909. The monoisotopic (exact) mass is 128 g/mol. The Balaban J connectivity index is 2.21. The van der Waals surface area contributed by atoms with E-state index in [0.717, 1.165) is 6.54 Å². The summed E-state index contributed by atoms with van der Waals surface area (Å²) in [6.07, 6.45) is 0. The summed E-state index contributed by atoms with van der Waals surface area (Å²) >= 11 is 0. The molecule has 1 amide bonds. The van der Waals surface area contributed by atoms with Crippen LogP contribution in [0.5, 0.6) is 0 Å². The van der Waals surface area contributed by atoms with E-state index in [1.54, 1.807) is 6.92 Å². The van der Waals surface area contributed by atoms with Crippen molar-refractivity contribution in [2.24, 2.45) is 0 Å². The maximum absolute atomic E-state index is 10.5. The first-order valence-corrected chi connectivity index (χ1v) is 3.20. The van der Waals surface area contributed by atoms with E-state index in [9.17, 15) is 4.79 Å². The second-order valence-corrected chi connectivity index (χ2v) is 2.50. The van der Waals surface area contributed by atoms with Crippen LogP contribution in [-0.2, 0) is 4.79 Å². The molecule has 0 spiro atoms. The molecule has 0 unspecified atom stereocenters. The van der Waals surface area contributed by atoms with Gasteiger partial charge in [-0.15, -0.1) is 0 Å². The Morgan fingerprint density at radius 3 is 2.56 bits per heavy atom. The molecule has 2 N–H and O–H groups in total. The smallest absolute Gasteiger partial charge is 0.217 e. The third kappa shape index (κ3) is 1.42. The maximum atomic E-state index is 10.5. The zero-order chi connectivity index (χ0) is 6.85. The molecule has 0 radical (unpaired) electrons. The van der Waals surface area contributed by atoms with E-state index >= 15 is 0 Å². The van der Waals surface area contributed by atoms with Gasteiger partial charge in [0.25, 0.3) is 0 Å². The van der Waals surface area contributed by atoms with Crippen LogP contribution in [0.2, 0.25) is 0 Å². The van der Waals surface area contributed by atoms with Gasteiger partial charge in [0.2, 0.25) is 5.91 Å². The molecule has 0 aliphatic carbocycles. The molecule has 1 fully saturated rings. The van der Waals surface area contributed by atoms with E-state index in [1.165, 1.54) is 0 Å². The molecule has 3 nitrogen and oxygen atoms in total. The summed E-state index contributed by atoms with van der Waals surface area (Å²) in [5.41, 5.74) is 0. The highest BCUT2D eigenvalue weighted by molar-refractivity contribution is 5.73. The molecule has 1 rings (SSSR count). The van der Waals surface area contributed by atoms with Gasteiger partial charge in [0, 0.05) is 19.5 Å². The van der Waals surface area contributed by atoms with E-state index in [0.29, 0.717) is 12.1 Å². The topological polar surface area (TPSA) is 41.1 Å². The average Bonchev–Trinajstić information content (AvgIpc) is 1.79. The molecule has 3 heteroatoms. The van der Waals surface area contributed by atoms with Crippen LogP contribution in [0.1, 0.15) is 13.8 Å². The highest BCUT2D eigenvalue weighted by atomic mass is 16.1. The van der Waals surface area contributed by atoms with Crippen LogP contribution in [0.3, 0.4) is 0 Å². The zero-order valence-electron chi connectivity index (χ0n) is 5.77. The zero-order valence-corrected chi connectivity index (χ0v) is 5.77. The lowest BCUT2D eigenvalue weighted by atomic mass is 10.0. The molecule has 0 saturated carbocycles. The van der Waals surface area contributed by atoms with Crippen LogP contribution in [0, 0.1) is 0 Å². The van der Waals surface area contributed by atoms with Gasteiger partial charge in [-0.2, -0.15) is 0 Å². The highest BCUT2D eigenvalue weighted by Crippen LogP contribution is 2.01. The molecule has 1 saturated heterocycles. The minimum Gasteiger partial charge on any atom is -0.351 e. The number of amides is 1. The molecule has 1 heterocycles. The summed E-state index contributed by atoms with van der Waals surface area (Å²) in [5, 5.41) is 5.98. The average molecular weight is 128 g/mol. The summed E-state index contributed by atoms with van der Waals surface area (Å²) < 4.78 is 0. The standard InChI is InChI=1S/C6H12N2O/c1-4-6(3-7-4)8-5(2)9/h4,6-7H,3H2,1-2H3,(H,8,9)/t4-,6-/m1/s1. The van der Waals surface area contributed by atoms with Gasteiger partial charge >= 0.3 is 0 Å². The van der Waals surface area contributed by atoms with Crippen LogP contribution in [0.25, 0.3) is 0 Å². The fraction of sp³-hybridized carbons (Fsp3) is 0.833. The van der Waals surface area contributed by atoms with Crippen LogP contribution in [0.15, 0.2) is 0 Å². The molecule has 2 atom stereocenters. The Kier molecular flexibility index (Phi) is 1.71. The van der Waals surface area contributed by atoms with Gasteiger partial charge in [0.1, 0.15) is 0 Å². The number of carbonyl (C=O) groups is 1. The van der Waals surface area contributed by atoms with Crippen molar-refractivity contribution < 1.29 is 4.79 Å². The number of carbonyl (C=O) groups excluding carboxylic acids is 1. The summed E-state index contributed by atoms with van der Waals surface area (Å²) in [4.78, 5) is 10.5. The Morgan fingerprint density at radius 2 is 2.44 bits per heavy atom. The van der Waals surface area contributed by atoms with Crippen molar-refractivity contribution in [3.05, 3.63) is 0 Å². The molecule has 0 aromatic heterocycles. The van der Waals surface area contributed by atoms with Crippen molar-refractivity contribution in [2.75, 3.05) is 6.54 Å². The first-order chi connectivity index (χ1) is 4.20. The highest BCUT2D eigenvalue weighted by Gasteiger charge is 2.25. The van der Waals surface area contributed by atoms with Gasteiger partial charge in [-0.05, 0) is 6.92 Å². The van der Waals surface area contributed by atoms with E-state index in [-0.39, 0.29) is 5.91 Å². The summed E-state index contributed by atoms with van der Waals surface area (Å²) in [5.74, 6) is 0.0633. The summed E-state index contributed by atoms with van der Waals surface area (Å²) in [6, 6.07) is 0.816. The maximum Gasteiger partial charge on any atom is 0.217 e. The minimum atomic E-state index is 0.0633. The number of hydrogen-bond acceptors (Lipinski definition) is 2. The van der Waals surface area contributed by atoms with E-state index < -0.39 is 0 Å². The number of nitrogens with one attached hydrogen (secondary N) is 2. The lowest BCUT2D eigenvalue weighted by Gasteiger charge is -2.35. The van der Waals surface area contributed by atoms with Crippen LogP contribution < -0.4 is 10.6 Å². The molecule has 1 aliphatic heterocycles. The van der Waals surface area contributed by atoms with Crippen LogP contribution in [-0.4, -0.2) is 24.5 Å². The van der Waals surface area contributed by atoms with Crippen molar-refractivity contribution in [3.8, 4) is 0 Å². The van der Waals surface area contributed by atoms with Gasteiger partial charge in [0.15, 0.2) is 0 Å². The first kappa shape index (κ1) is 6.55. The lowest BCUT2D eigenvalue weighted by Crippen LogP contribution is -2.63. The molecule has 0 aromatic rings. The van der Waals surface area contributed by atoms with E-state index in [2.05, 4.69) is 17.6 Å². The molecule has 9 heavy (non-hydrogen) atoms. The Hall–Kier alpha value is -0.570. The lowest BCUT2D eigenvalue weighted by molar-refractivity contribution is -0.120. The quantitative estimate of drug-likeness (QED) is 0.499. The normalized spacial score (nSPS) is 33.1. The summed E-state index contributed by atoms with van der Waals surface area (Å²) in [6.45, 7) is 4.52. The van der Waals surface area contributed by atoms with Gasteiger partial charge in [-0.1, -0.05) is 0 Å². The van der Waals surface area contributed by atoms with Gasteiger partial charge in [-0.3, -0.25) is 4.79 Å². The SMILES string of the molecule is CC(=O)N[C@@H]1CN[C@@H]1C. The van der Waals surface area contributed by atoms with Gasteiger partial charge in [-0.25, -0.2) is 0 Å². The number of rotatable bonds is 1.